The summed E-state index contributed by atoms with van der Waals surface area (Å²) in [6, 6.07) is 3.64. The number of nitrogens with zero attached hydrogens (tertiary/aromatic N) is 6. The van der Waals surface area contributed by atoms with Crippen LogP contribution in [0.15, 0.2) is 27.8 Å². The summed E-state index contributed by atoms with van der Waals surface area (Å²) in [7, 11) is 1.78. The topological polar surface area (TPSA) is 106 Å². The van der Waals surface area contributed by atoms with Crippen LogP contribution in [0.4, 0.5) is 0 Å². The van der Waals surface area contributed by atoms with E-state index in [1.165, 1.54) is 6.42 Å². The molecule has 0 bridgehead atoms. The summed E-state index contributed by atoms with van der Waals surface area (Å²) in [5, 5.41) is 10.5. The molecular weight excluding hydrogens is 408 g/mol. The molecule has 2 atom stereocenters. The maximum atomic E-state index is 12.8. The highest BCUT2D eigenvalue weighted by atomic mass is 16.3. The van der Waals surface area contributed by atoms with Crippen molar-refractivity contribution in [1.29, 1.82) is 0 Å². The van der Waals surface area contributed by atoms with Crippen LogP contribution in [0.1, 0.15) is 26.1 Å². The number of rotatable bonds is 5. The summed E-state index contributed by atoms with van der Waals surface area (Å²) in [5.41, 5.74) is 0. The third kappa shape index (κ3) is 5.48. The summed E-state index contributed by atoms with van der Waals surface area (Å²) in [4.78, 5) is 28.2. The first kappa shape index (κ1) is 22.3. The minimum absolute atomic E-state index is 0.261. The Hall–Kier alpha value is -2.88. The average Bonchev–Trinajstić information content (AvgIpc) is 3.46. The van der Waals surface area contributed by atoms with Crippen molar-refractivity contribution in [2.24, 2.45) is 16.8 Å². The molecule has 1 amide bonds. The number of likely N-dealkylation sites (tertiary alicyclic amines) is 1. The van der Waals surface area contributed by atoms with Gasteiger partial charge >= 0.3 is 0 Å². The van der Waals surface area contributed by atoms with Crippen molar-refractivity contribution in [2.75, 3.05) is 52.9 Å². The summed E-state index contributed by atoms with van der Waals surface area (Å²) < 4.78 is 5.33. The van der Waals surface area contributed by atoms with Crippen LogP contribution in [-0.2, 0) is 11.3 Å². The molecule has 2 unspecified atom stereocenters. The van der Waals surface area contributed by atoms with Gasteiger partial charge in [0.05, 0.1) is 19.4 Å². The molecule has 4 heterocycles. The number of H-pyrrole nitrogens is 1. The van der Waals surface area contributed by atoms with E-state index in [0.717, 1.165) is 45.2 Å². The van der Waals surface area contributed by atoms with Crippen molar-refractivity contribution in [1.82, 2.24) is 35.2 Å². The zero-order chi connectivity index (χ0) is 22.5. The molecule has 0 aromatic carbocycles. The van der Waals surface area contributed by atoms with Gasteiger partial charge in [-0.1, -0.05) is 13.8 Å². The molecule has 2 aliphatic rings. The van der Waals surface area contributed by atoms with E-state index in [1.54, 1.807) is 13.3 Å². The van der Waals surface area contributed by atoms with Crippen molar-refractivity contribution in [2.45, 2.75) is 26.8 Å². The van der Waals surface area contributed by atoms with E-state index >= 15 is 0 Å². The van der Waals surface area contributed by atoms with Gasteiger partial charge < -0.3 is 19.5 Å². The fourth-order valence-electron chi connectivity index (χ4n) is 4.66. The molecule has 2 fully saturated rings. The Labute approximate surface area is 189 Å². The van der Waals surface area contributed by atoms with Crippen molar-refractivity contribution in [3.63, 3.8) is 0 Å². The highest BCUT2D eigenvalue weighted by molar-refractivity contribution is 5.80. The smallest absolute Gasteiger partial charge is 0.236 e. The largest absolute Gasteiger partial charge is 0.461 e. The standard InChI is InChI=1S/C22H34N8O2/c1-16-11-17(2)14-30(13-16)20(31)15-28-6-8-29(9-7-28)22(23-3)24-12-19-25-21(27-26-19)18-5-4-10-32-18/h4-5,10,16-17H,6-9,11-15H2,1-3H3,(H,23,24)(H,25,26,27). The summed E-state index contributed by atoms with van der Waals surface area (Å²) in [6.07, 6.45) is 2.82. The molecule has 4 rings (SSSR count). The van der Waals surface area contributed by atoms with E-state index in [-0.39, 0.29) is 5.91 Å². The van der Waals surface area contributed by atoms with Gasteiger partial charge in [-0.25, -0.2) is 4.98 Å². The molecule has 32 heavy (non-hydrogen) atoms. The highest BCUT2D eigenvalue weighted by Crippen LogP contribution is 2.21. The normalized spacial score (nSPS) is 22.9. The Morgan fingerprint density at radius 3 is 2.62 bits per heavy atom. The van der Waals surface area contributed by atoms with Gasteiger partial charge in [-0.2, -0.15) is 0 Å². The quantitative estimate of drug-likeness (QED) is 0.530. The monoisotopic (exact) mass is 442 g/mol. The highest BCUT2D eigenvalue weighted by Gasteiger charge is 2.28. The lowest BCUT2D eigenvalue weighted by Crippen LogP contribution is -2.55. The fraction of sp³-hybridized carbons (Fsp3) is 0.636. The second kappa shape index (κ2) is 10.2. The Morgan fingerprint density at radius 2 is 1.97 bits per heavy atom. The first-order valence-electron chi connectivity index (χ1n) is 11.4. The van der Waals surface area contributed by atoms with Gasteiger partial charge in [0.1, 0.15) is 5.82 Å². The van der Waals surface area contributed by atoms with Crippen LogP contribution < -0.4 is 5.32 Å². The lowest BCUT2D eigenvalue weighted by molar-refractivity contribution is -0.135. The number of guanidine groups is 1. The van der Waals surface area contributed by atoms with Gasteiger partial charge in [-0.3, -0.25) is 19.8 Å². The number of hydrogen-bond acceptors (Lipinski definition) is 6. The summed E-state index contributed by atoms with van der Waals surface area (Å²) in [6.45, 7) is 10.6. The van der Waals surface area contributed by atoms with Crippen LogP contribution in [0.2, 0.25) is 0 Å². The van der Waals surface area contributed by atoms with Gasteiger partial charge in [-0.15, -0.1) is 5.10 Å². The molecule has 2 aromatic heterocycles. The number of hydrogen-bond donors (Lipinski definition) is 2. The van der Waals surface area contributed by atoms with Gasteiger partial charge in [0.2, 0.25) is 11.7 Å². The van der Waals surface area contributed by atoms with Gasteiger partial charge in [0.25, 0.3) is 0 Å². The molecule has 10 heteroatoms. The van der Waals surface area contributed by atoms with Crippen molar-refractivity contribution in [3.8, 4) is 11.6 Å². The first-order valence-corrected chi connectivity index (χ1v) is 11.4. The Balaban J connectivity index is 1.23. The number of aliphatic imine (C=N–C) groups is 1. The van der Waals surface area contributed by atoms with Gasteiger partial charge in [-0.05, 0) is 30.4 Å². The van der Waals surface area contributed by atoms with E-state index in [0.29, 0.717) is 42.3 Å². The Kier molecular flexibility index (Phi) is 7.09. The van der Waals surface area contributed by atoms with E-state index in [9.17, 15) is 4.79 Å². The molecule has 0 saturated carbocycles. The molecule has 0 radical (unpaired) electrons. The molecule has 2 aliphatic heterocycles. The zero-order valence-corrected chi connectivity index (χ0v) is 19.3. The van der Waals surface area contributed by atoms with Crippen molar-refractivity contribution < 1.29 is 9.21 Å². The summed E-state index contributed by atoms with van der Waals surface area (Å²) in [5.74, 6) is 4.16. The minimum atomic E-state index is 0.261. The molecular formula is C22H34N8O2. The lowest BCUT2D eigenvalue weighted by atomic mass is 9.92. The SMILES string of the molecule is CN=C(NCc1nc(-c2ccco2)n[nH]1)N1CCN(CC(=O)N2CC(C)CC(C)C2)CC1. The lowest BCUT2D eigenvalue weighted by Gasteiger charge is -2.39. The van der Waals surface area contributed by atoms with E-state index < -0.39 is 0 Å². The third-order valence-corrected chi connectivity index (χ3v) is 6.15. The fourth-order valence-corrected chi connectivity index (χ4v) is 4.66. The predicted octanol–water partition coefficient (Wildman–Crippen LogP) is 1.26. The number of amides is 1. The number of piperidine rings is 1. The zero-order valence-electron chi connectivity index (χ0n) is 19.3. The van der Waals surface area contributed by atoms with Crippen LogP contribution in [0.3, 0.4) is 0 Å². The number of carbonyl (C=O) groups is 1. The van der Waals surface area contributed by atoms with Crippen LogP contribution >= 0.6 is 0 Å². The minimum Gasteiger partial charge on any atom is -0.461 e. The maximum absolute atomic E-state index is 12.8. The van der Waals surface area contributed by atoms with Crippen LogP contribution in [-0.4, -0.2) is 94.6 Å². The number of aromatic amines is 1. The molecule has 174 valence electrons. The van der Waals surface area contributed by atoms with E-state index in [4.69, 9.17) is 4.42 Å². The number of nitrogens with one attached hydrogen (secondary N) is 2. The Bertz CT molecular complexity index is 891. The van der Waals surface area contributed by atoms with E-state index in [1.807, 2.05) is 12.1 Å². The summed E-state index contributed by atoms with van der Waals surface area (Å²) >= 11 is 0. The molecule has 2 N–H and O–H groups in total. The number of carbonyl (C=O) groups excluding carboxylic acids is 1. The molecule has 10 nitrogen and oxygen atoms in total. The molecule has 0 spiro atoms. The van der Waals surface area contributed by atoms with Crippen LogP contribution in [0.25, 0.3) is 11.6 Å². The van der Waals surface area contributed by atoms with E-state index in [2.05, 4.69) is 54.0 Å². The Morgan fingerprint density at radius 1 is 1.22 bits per heavy atom. The second-order valence-electron chi connectivity index (χ2n) is 8.99. The first-order chi connectivity index (χ1) is 15.5. The third-order valence-electron chi connectivity index (χ3n) is 6.15. The van der Waals surface area contributed by atoms with Crippen molar-refractivity contribution >= 4 is 11.9 Å². The predicted molar refractivity (Wildman–Crippen MR) is 122 cm³/mol. The molecule has 0 aliphatic carbocycles. The van der Waals surface area contributed by atoms with Gasteiger partial charge in [0.15, 0.2) is 11.7 Å². The number of furan rings is 1. The van der Waals surface area contributed by atoms with Gasteiger partial charge in [0, 0.05) is 46.3 Å². The number of piperazine rings is 1. The average molecular weight is 443 g/mol. The second-order valence-corrected chi connectivity index (χ2v) is 8.99. The maximum Gasteiger partial charge on any atom is 0.236 e. The van der Waals surface area contributed by atoms with Crippen LogP contribution in [0.5, 0.6) is 0 Å². The molecule has 2 aromatic rings. The van der Waals surface area contributed by atoms with Crippen LogP contribution in [0, 0.1) is 11.8 Å². The number of aromatic nitrogens is 3. The van der Waals surface area contributed by atoms with Crippen molar-refractivity contribution in [3.05, 3.63) is 24.2 Å². The molecule has 2 saturated heterocycles.